The van der Waals surface area contributed by atoms with Crippen LogP contribution in [0.2, 0.25) is 0 Å². The van der Waals surface area contributed by atoms with Crippen molar-refractivity contribution in [3.05, 3.63) is 55.8 Å². The SMILES string of the molecule is Cc1cc(C(=O)NN=Cc2ccc(Br)c([N+](=O)[O-])c2)n[nH]1. The van der Waals surface area contributed by atoms with Gasteiger partial charge in [-0.25, -0.2) is 5.43 Å². The lowest BCUT2D eigenvalue weighted by Crippen LogP contribution is -2.18. The van der Waals surface area contributed by atoms with E-state index in [1.807, 2.05) is 0 Å². The van der Waals surface area contributed by atoms with Crippen LogP contribution in [0.3, 0.4) is 0 Å². The number of aryl methyl sites for hydroxylation is 1. The summed E-state index contributed by atoms with van der Waals surface area (Å²) in [4.78, 5) is 21.9. The summed E-state index contributed by atoms with van der Waals surface area (Å²) in [7, 11) is 0. The molecule has 0 spiro atoms. The lowest BCUT2D eigenvalue weighted by Gasteiger charge is -1.98. The minimum absolute atomic E-state index is 0.0757. The van der Waals surface area contributed by atoms with E-state index in [2.05, 4.69) is 36.7 Å². The summed E-state index contributed by atoms with van der Waals surface area (Å²) < 4.78 is 0.376. The van der Waals surface area contributed by atoms with Gasteiger partial charge in [0.25, 0.3) is 11.6 Å². The molecule has 8 nitrogen and oxygen atoms in total. The van der Waals surface area contributed by atoms with Gasteiger partial charge < -0.3 is 0 Å². The van der Waals surface area contributed by atoms with Crippen LogP contribution < -0.4 is 5.43 Å². The molecular formula is C12H10BrN5O3. The molecule has 0 saturated heterocycles. The molecule has 1 aromatic carbocycles. The Morgan fingerprint density at radius 3 is 2.90 bits per heavy atom. The predicted molar refractivity (Wildman–Crippen MR) is 79.2 cm³/mol. The second-order valence-electron chi connectivity index (χ2n) is 4.10. The summed E-state index contributed by atoms with van der Waals surface area (Å²) in [5.74, 6) is -0.470. The van der Waals surface area contributed by atoms with Gasteiger partial charge in [-0.3, -0.25) is 20.0 Å². The van der Waals surface area contributed by atoms with E-state index in [0.717, 1.165) is 5.69 Å². The van der Waals surface area contributed by atoms with Crippen molar-refractivity contribution >= 4 is 33.7 Å². The summed E-state index contributed by atoms with van der Waals surface area (Å²) in [6.07, 6.45) is 1.32. The first-order chi connectivity index (χ1) is 9.97. The van der Waals surface area contributed by atoms with Gasteiger partial charge in [0.2, 0.25) is 0 Å². The molecule has 9 heteroatoms. The van der Waals surface area contributed by atoms with Crippen molar-refractivity contribution in [2.75, 3.05) is 0 Å². The summed E-state index contributed by atoms with van der Waals surface area (Å²) in [5, 5.41) is 21.0. The number of hydrogen-bond acceptors (Lipinski definition) is 5. The number of H-pyrrole nitrogens is 1. The molecule has 2 N–H and O–H groups in total. The van der Waals surface area contributed by atoms with Gasteiger partial charge in [0.1, 0.15) is 0 Å². The number of nitro benzene ring substituents is 1. The highest BCUT2D eigenvalue weighted by Gasteiger charge is 2.11. The summed E-state index contributed by atoms with van der Waals surface area (Å²) in [6.45, 7) is 1.77. The smallest absolute Gasteiger partial charge is 0.282 e. The van der Waals surface area contributed by atoms with Gasteiger partial charge in [-0.15, -0.1) is 0 Å². The Morgan fingerprint density at radius 2 is 2.29 bits per heavy atom. The molecule has 0 fully saturated rings. The number of nitrogens with zero attached hydrogens (tertiary/aromatic N) is 3. The number of halogens is 1. The van der Waals surface area contributed by atoms with Crippen molar-refractivity contribution in [2.24, 2.45) is 5.10 Å². The van der Waals surface area contributed by atoms with Crippen LogP contribution in [-0.4, -0.2) is 27.2 Å². The Hall–Kier alpha value is -2.55. The molecule has 0 aliphatic carbocycles. The van der Waals surface area contributed by atoms with E-state index in [4.69, 9.17) is 0 Å². The molecular weight excluding hydrogens is 342 g/mol. The highest BCUT2D eigenvalue weighted by Crippen LogP contribution is 2.24. The Morgan fingerprint density at radius 1 is 1.52 bits per heavy atom. The molecule has 21 heavy (non-hydrogen) atoms. The van der Waals surface area contributed by atoms with E-state index in [-0.39, 0.29) is 11.4 Å². The standard InChI is InChI=1S/C12H10BrN5O3/c1-7-4-10(16-15-7)12(19)17-14-6-8-2-3-9(13)11(5-8)18(20)21/h2-6H,1H3,(H,15,16)(H,17,19). The van der Waals surface area contributed by atoms with Crippen LogP contribution in [0, 0.1) is 17.0 Å². The van der Waals surface area contributed by atoms with Crippen LogP contribution in [0.1, 0.15) is 21.7 Å². The molecule has 0 unspecified atom stereocenters. The van der Waals surface area contributed by atoms with E-state index < -0.39 is 10.8 Å². The lowest BCUT2D eigenvalue weighted by atomic mass is 10.2. The van der Waals surface area contributed by atoms with E-state index in [1.54, 1.807) is 25.1 Å². The number of aromatic amines is 1. The molecule has 0 saturated carbocycles. The van der Waals surface area contributed by atoms with E-state index >= 15 is 0 Å². The number of carbonyl (C=O) groups is 1. The van der Waals surface area contributed by atoms with Crippen LogP contribution >= 0.6 is 15.9 Å². The molecule has 1 aromatic heterocycles. The Labute approximate surface area is 127 Å². The maximum Gasteiger partial charge on any atom is 0.291 e. The summed E-state index contributed by atoms with van der Waals surface area (Å²) in [5.41, 5.74) is 3.68. The fourth-order valence-corrected chi connectivity index (χ4v) is 1.90. The van der Waals surface area contributed by atoms with Crippen molar-refractivity contribution in [1.82, 2.24) is 15.6 Å². The number of nitrogens with one attached hydrogen (secondary N) is 2. The molecule has 0 aliphatic heterocycles. The number of rotatable bonds is 4. The first-order valence-corrected chi connectivity index (χ1v) is 6.56. The second-order valence-corrected chi connectivity index (χ2v) is 4.96. The lowest BCUT2D eigenvalue weighted by molar-refractivity contribution is -0.385. The Bertz CT molecular complexity index is 725. The molecule has 0 bridgehead atoms. The van der Waals surface area contributed by atoms with Gasteiger partial charge in [-0.05, 0) is 35.0 Å². The maximum absolute atomic E-state index is 11.7. The van der Waals surface area contributed by atoms with Crippen molar-refractivity contribution in [3.63, 3.8) is 0 Å². The molecule has 0 atom stereocenters. The molecule has 1 heterocycles. The van der Waals surface area contributed by atoms with Crippen LogP contribution in [0.5, 0.6) is 0 Å². The monoisotopic (exact) mass is 351 g/mol. The third kappa shape index (κ3) is 3.72. The van der Waals surface area contributed by atoms with Gasteiger partial charge in [0, 0.05) is 17.3 Å². The largest absolute Gasteiger partial charge is 0.291 e. The molecule has 108 valence electrons. The van der Waals surface area contributed by atoms with Crippen molar-refractivity contribution < 1.29 is 9.72 Å². The van der Waals surface area contributed by atoms with E-state index in [0.29, 0.717) is 10.0 Å². The minimum atomic E-state index is -0.507. The second kappa shape index (κ2) is 6.27. The maximum atomic E-state index is 11.7. The highest BCUT2D eigenvalue weighted by atomic mass is 79.9. The van der Waals surface area contributed by atoms with Crippen molar-refractivity contribution in [1.29, 1.82) is 0 Å². The van der Waals surface area contributed by atoms with Crippen LogP contribution in [0.4, 0.5) is 5.69 Å². The van der Waals surface area contributed by atoms with Crippen LogP contribution in [0.15, 0.2) is 33.8 Å². The average Bonchev–Trinajstić information content (AvgIpc) is 2.87. The van der Waals surface area contributed by atoms with E-state index in [9.17, 15) is 14.9 Å². The summed E-state index contributed by atoms with van der Waals surface area (Å²) >= 11 is 3.09. The molecule has 2 aromatic rings. The quantitative estimate of drug-likeness (QED) is 0.499. The number of nitro groups is 1. The Kier molecular flexibility index (Phi) is 4.43. The van der Waals surface area contributed by atoms with Gasteiger partial charge in [-0.2, -0.15) is 10.2 Å². The fraction of sp³-hybridized carbons (Fsp3) is 0.0833. The molecule has 0 aliphatic rings. The number of carbonyl (C=O) groups excluding carboxylic acids is 1. The zero-order chi connectivity index (χ0) is 15.4. The first-order valence-electron chi connectivity index (χ1n) is 5.76. The van der Waals surface area contributed by atoms with Crippen molar-refractivity contribution in [3.8, 4) is 0 Å². The van der Waals surface area contributed by atoms with Gasteiger partial charge >= 0.3 is 0 Å². The number of benzene rings is 1. The third-order valence-electron chi connectivity index (χ3n) is 2.49. The normalized spacial score (nSPS) is 10.8. The summed E-state index contributed by atoms with van der Waals surface area (Å²) in [6, 6.07) is 6.09. The van der Waals surface area contributed by atoms with Crippen LogP contribution in [0.25, 0.3) is 0 Å². The predicted octanol–water partition coefficient (Wildman–Crippen LogP) is 2.15. The van der Waals surface area contributed by atoms with Gasteiger partial charge in [0.15, 0.2) is 5.69 Å². The number of hydrogen-bond donors (Lipinski definition) is 2. The number of aromatic nitrogens is 2. The van der Waals surface area contributed by atoms with Crippen LogP contribution in [-0.2, 0) is 0 Å². The van der Waals surface area contributed by atoms with E-state index in [1.165, 1.54) is 12.3 Å². The van der Waals surface area contributed by atoms with Crippen molar-refractivity contribution in [2.45, 2.75) is 6.92 Å². The Balaban J connectivity index is 2.06. The molecule has 2 rings (SSSR count). The molecule has 1 amide bonds. The fourth-order valence-electron chi connectivity index (χ4n) is 1.51. The zero-order valence-corrected chi connectivity index (χ0v) is 12.4. The third-order valence-corrected chi connectivity index (χ3v) is 3.16. The number of hydrazone groups is 1. The zero-order valence-electron chi connectivity index (χ0n) is 10.8. The van der Waals surface area contributed by atoms with Gasteiger partial charge in [0.05, 0.1) is 15.6 Å². The first kappa shape index (κ1) is 14.9. The van der Waals surface area contributed by atoms with Gasteiger partial charge in [-0.1, -0.05) is 6.07 Å². The highest BCUT2D eigenvalue weighted by molar-refractivity contribution is 9.10. The minimum Gasteiger partial charge on any atom is -0.282 e. The topological polar surface area (TPSA) is 113 Å². The number of amides is 1. The average molecular weight is 352 g/mol. The molecule has 0 radical (unpaired) electrons.